The van der Waals surface area contributed by atoms with Crippen LogP contribution in [0, 0.1) is 5.92 Å². The van der Waals surface area contributed by atoms with E-state index in [1.807, 2.05) is 61.5 Å². The summed E-state index contributed by atoms with van der Waals surface area (Å²) in [6, 6.07) is 17.6. The molecule has 1 aromatic heterocycles. The van der Waals surface area contributed by atoms with Crippen molar-refractivity contribution in [1.82, 2.24) is 4.98 Å². The molecule has 3 aromatic rings. The van der Waals surface area contributed by atoms with Gasteiger partial charge in [0.15, 0.2) is 5.13 Å². The maximum absolute atomic E-state index is 12.6. The number of nitrogens with zero attached hydrogens (tertiary/aromatic N) is 1. The number of hydrogen-bond acceptors (Lipinski definition) is 5. The van der Waals surface area contributed by atoms with Gasteiger partial charge in [-0.3, -0.25) is 14.9 Å². The first-order valence-electron chi connectivity index (χ1n) is 9.76. The van der Waals surface area contributed by atoms with E-state index in [2.05, 4.69) is 10.3 Å². The van der Waals surface area contributed by atoms with E-state index < -0.39 is 0 Å². The van der Waals surface area contributed by atoms with Gasteiger partial charge in [-0.2, -0.15) is 0 Å². The van der Waals surface area contributed by atoms with Gasteiger partial charge >= 0.3 is 5.97 Å². The van der Waals surface area contributed by atoms with E-state index in [-0.39, 0.29) is 17.8 Å². The highest BCUT2D eigenvalue weighted by atomic mass is 32.1. The summed E-state index contributed by atoms with van der Waals surface area (Å²) in [6.07, 6.45) is 2.11. The van der Waals surface area contributed by atoms with Crippen molar-refractivity contribution in [3.8, 4) is 11.1 Å². The van der Waals surface area contributed by atoms with Crippen LogP contribution in [-0.4, -0.2) is 23.5 Å². The zero-order valence-corrected chi connectivity index (χ0v) is 17.0. The van der Waals surface area contributed by atoms with Crippen LogP contribution in [0.4, 0.5) is 5.13 Å². The number of nitrogens with one attached hydrogen (secondary N) is 1. The molecule has 0 saturated heterocycles. The molecule has 1 heterocycles. The van der Waals surface area contributed by atoms with Crippen molar-refractivity contribution in [2.24, 2.45) is 5.92 Å². The van der Waals surface area contributed by atoms with Crippen LogP contribution in [0.15, 0.2) is 54.6 Å². The minimum atomic E-state index is -0.183. The molecule has 5 nitrogen and oxygen atoms in total. The number of ether oxygens (including phenoxy) is 1. The molecule has 1 N–H and O–H groups in total. The number of esters is 1. The summed E-state index contributed by atoms with van der Waals surface area (Å²) in [7, 11) is 0. The van der Waals surface area contributed by atoms with Gasteiger partial charge in [-0.05, 0) is 49.4 Å². The first kappa shape index (κ1) is 19.3. The van der Waals surface area contributed by atoms with Crippen molar-refractivity contribution in [3.05, 3.63) is 70.7 Å². The molecule has 0 spiro atoms. The third-order valence-electron chi connectivity index (χ3n) is 5.03. The summed E-state index contributed by atoms with van der Waals surface area (Å²) in [6.45, 7) is 2.22. The molecule has 6 heteroatoms. The van der Waals surface area contributed by atoms with Crippen molar-refractivity contribution in [1.29, 1.82) is 0 Å². The van der Waals surface area contributed by atoms with Gasteiger partial charge in [0.05, 0.1) is 18.2 Å². The molecule has 148 valence electrons. The van der Waals surface area contributed by atoms with Crippen LogP contribution in [0.5, 0.6) is 0 Å². The predicted molar refractivity (Wildman–Crippen MR) is 114 cm³/mol. The number of thiazole rings is 1. The van der Waals surface area contributed by atoms with Crippen molar-refractivity contribution in [2.75, 3.05) is 11.9 Å². The number of anilines is 1. The largest absolute Gasteiger partial charge is 0.466 e. The fourth-order valence-electron chi connectivity index (χ4n) is 3.50. The highest BCUT2D eigenvalue weighted by molar-refractivity contribution is 7.15. The average Bonchev–Trinajstić information content (AvgIpc) is 3.16. The topological polar surface area (TPSA) is 68.3 Å². The number of hydrogen-bond donors (Lipinski definition) is 1. The van der Waals surface area contributed by atoms with Gasteiger partial charge in [0.25, 0.3) is 5.91 Å². The van der Waals surface area contributed by atoms with E-state index in [1.165, 1.54) is 11.3 Å². The number of carbonyl (C=O) groups excluding carboxylic acids is 2. The Morgan fingerprint density at radius 2 is 1.83 bits per heavy atom. The summed E-state index contributed by atoms with van der Waals surface area (Å²) in [5.74, 6) is -0.440. The van der Waals surface area contributed by atoms with Crippen LogP contribution < -0.4 is 5.32 Å². The SMILES string of the molecule is CCOC(=O)C1CCc2nc(NC(=O)c3ccc(-c4ccccc4)cc3)sc2C1. The average molecular weight is 407 g/mol. The van der Waals surface area contributed by atoms with Crippen LogP contribution in [-0.2, 0) is 22.4 Å². The Bertz CT molecular complexity index is 1010. The molecular formula is C23H22N2O3S. The van der Waals surface area contributed by atoms with Gasteiger partial charge in [-0.1, -0.05) is 42.5 Å². The molecule has 0 fully saturated rings. The molecule has 1 amide bonds. The van der Waals surface area contributed by atoms with Gasteiger partial charge in [-0.25, -0.2) is 4.98 Å². The molecule has 0 saturated carbocycles. The summed E-state index contributed by atoms with van der Waals surface area (Å²) < 4.78 is 5.14. The van der Waals surface area contributed by atoms with Gasteiger partial charge in [-0.15, -0.1) is 11.3 Å². The Balaban J connectivity index is 1.43. The highest BCUT2D eigenvalue weighted by Crippen LogP contribution is 2.33. The lowest BCUT2D eigenvalue weighted by Gasteiger charge is -2.18. The molecular weight excluding hydrogens is 384 g/mol. The molecule has 1 atom stereocenters. The summed E-state index contributed by atoms with van der Waals surface area (Å²) in [4.78, 5) is 30.2. The summed E-state index contributed by atoms with van der Waals surface area (Å²) >= 11 is 1.45. The Hall–Kier alpha value is -2.99. The second-order valence-electron chi connectivity index (χ2n) is 6.98. The van der Waals surface area contributed by atoms with Crippen LogP contribution in [0.2, 0.25) is 0 Å². The quantitative estimate of drug-likeness (QED) is 0.622. The highest BCUT2D eigenvalue weighted by Gasteiger charge is 2.28. The standard InChI is InChI=1S/C23H22N2O3S/c1-2-28-22(27)18-12-13-19-20(14-18)29-23(24-19)25-21(26)17-10-8-16(9-11-17)15-6-4-3-5-7-15/h3-11,18H,2,12-14H2,1H3,(H,24,25,26). The van der Waals surface area contributed by atoms with Gasteiger partial charge in [0.2, 0.25) is 0 Å². The van der Waals surface area contributed by atoms with Crippen molar-refractivity contribution in [3.63, 3.8) is 0 Å². The second kappa shape index (κ2) is 8.57. The van der Waals surface area contributed by atoms with E-state index in [0.29, 0.717) is 23.7 Å². The number of aryl methyl sites for hydroxylation is 1. The summed E-state index contributed by atoms with van der Waals surface area (Å²) in [5, 5.41) is 3.48. The van der Waals surface area contributed by atoms with Gasteiger partial charge in [0, 0.05) is 10.4 Å². The lowest BCUT2D eigenvalue weighted by Crippen LogP contribution is -2.24. The maximum Gasteiger partial charge on any atom is 0.309 e. The predicted octanol–water partition coefficient (Wildman–Crippen LogP) is 4.73. The fraction of sp³-hybridized carbons (Fsp3) is 0.261. The first-order valence-corrected chi connectivity index (χ1v) is 10.6. The lowest BCUT2D eigenvalue weighted by molar-refractivity contribution is -0.148. The van der Waals surface area contributed by atoms with Crippen molar-refractivity contribution < 1.29 is 14.3 Å². The Kier molecular flexibility index (Phi) is 5.71. The van der Waals surface area contributed by atoms with Crippen molar-refractivity contribution in [2.45, 2.75) is 26.2 Å². The number of fused-ring (bicyclic) bond motifs is 1. The molecule has 1 aliphatic rings. The number of amides is 1. The van der Waals surface area contributed by atoms with Gasteiger partial charge in [0.1, 0.15) is 0 Å². The van der Waals surface area contributed by atoms with Crippen LogP contribution in [0.1, 0.15) is 34.3 Å². The van der Waals surface area contributed by atoms with Crippen LogP contribution in [0.25, 0.3) is 11.1 Å². The Labute approximate surface area is 173 Å². The Morgan fingerprint density at radius 3 is 2.55 bits per heavy atom. The Morgan fingerprint density at radius 1 is 1.10 bits per heavy atom. The molecule has 1 unspecified atom stereocenters. The number of aromatic nitrogens is 1. The smallest absolute Gasteiger partial charge is 0.309 e. The van der Waals surface area contributed by atoms with Crippen LogP contribution in [0.3, 0.4) is 0 Å². The monoisotopic (exact) mass is 406 g/mol. The van der Waals surface area contributed by atoms with E-state index in [1.54, 1.807) is 0 Å². The zero-order valence-electron chi connectivity index (χ0n) is 16.2. The summed E-state index contributed by atoms with van der Waals surface area (Å²) in [5.41, 5.74) is 3.74. The molecule has 0 aliphatic heterocycles. The third kappa shape index (κ3) is 4.38. The molecule has 1 aliphatic carbocycles. The zero-order chi connectivity index (χ0) is 20.2. The third-order valence-corrected chi connectivity index (χ3v) is 6.07. The normalized spacial score (nSPS) is 15.4. The number of rotatable bonds is 5. The molecule has 4 rings (SSSR count). The lowest BCUT2D eigenvalue weighted by atomic mass is 9.91. The van der Waals surface area contributed by atoms with E-state index in [0.717, 1.165) is 34.5 Å². The molecule has 0 radical (unpaired) electrons. The minimum Gasteiger partial charge on any atom is -0.466 e. The molecule has 2 aromatic carbocycles. The van der Waals surface area contributed by atoms with Crippen LogP contribution >= 0.6 is 11.3 Å². The fourth-order valence-corrected chi connectivity index (χ4v) is 4.59. The van der Waals surface area contributed by atoms with E-state index in [4.69, 9.17) is 4.74 Å². The number of benzene rings is 2. The van der Waals surface area contributed by atoms with E-state index >= 15 is 0 Å². The van der Waals surface area contributed by atoms with Crippen molar-refractivity contribution >= 4 is 28.3 Å². The molecule has 0 bridgehead atoms. The first-order chi connectivity index (χ1) is 14.1. The molecule has 29 heavy (non-hydrogen) atoms. The van der Waals surface area contributed by atoms with Gasteiger partial charge < -0.3 is 4.74 Å². The second-order valence-corrected chi connectivity index (χ2v) is 8.06. The van der Waals surface area contributed by atoms with E-state index in [9.17, 15) is 9.59 Å². The number of carbonyl (C=O) groups is 2. The minimum absolute atomic E-state index is 0.114. The maximum atomic E-state index is 12.6.